The van der Waals surface area contributed by atoms with Crippen LogP contribution >= 0.6 is 23.4 Å². The zero-order chi connectivity index (χ0) is 23.4. The first-order valence-corrected chi connectivity index (χ1v) is 11.2. The molecule has 0 aliphatic heterocycles. The molecular weight excluding hydrogens is 463 g/mol. The van der Waals surface area contributed by atoms with Crippen molar-refractivity contribution in [1.82, 2.24) is 9.55 Å². The molecule has 4 rings (SSSR count). The van der Waals surface area contributed by atoms with Crippen molar-refractivity contribution < 1.29 is 9.18 Å². The SMILES string of the molecule is N#Cc1ccc(Cl)cc1NC(=O)CSc1nc2ccccc2c(=O)n1Cc1ccc(F)cc1. The van der Waals surface area contributed by atoms with Crippen molar-refractivity contribution in [1.29, 1.82) is 5.26 Å². The number of nitrogens with one attached hydrogen (secondary N) is 1. The number of nitrogens with zero attached hydrogens (tertiary/aromatic N) is 3. The maximum Gasteiger partial charge on any atom is 0.262 e. The quantitative estimate of drug-likeness (QED) is 0.316. The Balaban J connectivity index is 1.62. The third-order valence-electron chi connectivity index (χ3n) is 4.79. The first kappa shape index (κ1) is 22.5. The third-order valence-corrected chi connectivity index (χ3v) is 6.00. The van der Waals surface area contributed by atoms with Crippen LogP contribution in [-0.4, -0.2) is 21.2 Å². The van der Waals surface area contributed by atoms with Gasteiger partial charge in [-0.25, -0.2) is 9.37 Å². The summed E-state index contributed by atoms with van der Waals surface area (Å²) >= 11 is 7.07. The number of nitriles is 1. The first-order valence-electron chi connectivity index (χ1n) is 9.81. The van der Waals surface area contributed by atoms with Crippen LogP contribution in [-0.2, 0) is 11.3 Å². The van der Waals surface area contributed by atoms with Gasteiger partial charge in [-0.1, -0.05) is 47.6 Å². The van der Waals surface area contributed by atoms with Crippen molar-refractivity contribution in [2.75, 3.05) is 11.1 Å². The number of anilines is 1. The Hall–Kier alpha value is -3.67. The van der Waals surface area contributed by atoms with Gasteiger partial charge < -0.3 is 5.32 Å². The maximum absolute atomic E-state index is 13.3. The highest BCUT2D eigenvalue weighted by Gasteiger charge is 2.15. The number of aromatic nitrogens is 2. The zero-order valence-corrected chi connectivity index (χ0v) is 18.7. The van der Waals surface area contributed by atoms with Crippen molar-refractivity contribution in [3.8, 4) is 6.07 Å². The molecule has 0 fully saturated rings. The molecule has 1 amide bonds. The summed E-state index contributed by atoms with van der Waals surface area (Å²) in [5, 5.41) is 13.1. The van der Waals surface area contributed by atoms with Gasteiger partial charge in [0.25, 0.3) is 5.56 Å². The Morgan fingerprint density at radius 1 is 1.15 bits per heavy atom. The van der Waals surface area contributed by atoms with Crippen LogP contribution in [0, 0.1) is 17.1 Å². The summed E-state index contributed by atoms with van der Waals surface area (Å²) in [5.74, 6) is -0.799. The lowest BCUT2D eigenvalue weighted by Crippen LogP contribution is -2.25. The molecule has 3 aromatic carbocycles. The van der Waals surface area contributed by atoms with Gasteiger partial charge in [0.2, 0.25) is 5.91 Å². The second-order valence-electron chi connectivity index (χ2n) is 7.07. The van der Waals surface area contributed by atoms with Crippen LogP contribution in [0.25, 0.3) is 10.9 Å². The van der Waals surface area contributed by atoms with Crippen molar-refractivity contribution >= 4 is 45.9 Å². The molecule has 33 heavy (non-hydrogen) atoms. The minimum atomic E-state index is -0.380. The molecule has 6 nitrogen and oxygen atoms in total. The Morgan fingerprint density at radius 2 is 1.91 bits per heavy atom. The second kappa shape index (κ2) is 9.86. The molecule has 0 atom stereocenters. The van der Waals surface area contributed by atoms with Gasteiger partial charge in [-0.2, -0.15) is 5.26 Å². The van der Waals surface area contributed by atoms with Gasteiger partial charge in [0.05, 0.1) is 34.5 Å². The van der Waals surface area contributed by atoms with Crippen molar-refractivity contribution in [3.05, 3.63) is 99.1 Å². The Morgan fingerprint density at radius 3 is 2.67 bits per heavy atom. The summed E-state index contributed by atoms with van der Waals surface area (Å²) in [6.07, 6.45) is 0. The largest absolute Gasteiger partial charge is 0.324 e. The number of hydrogen-bond acceptors (Lipinski definition) is 5. The number of carbonyl (C=O) groups excluding carboxylic acids is 1. The molecule has 164 valence electrons. The number of halogens is 2. The molecular formula is C24H16ClFN4O2S. The van der Waals surface area contributed by atoms with Gasteiger partial charge in [0.1, 0.15) is 11.9 Å². The van der Waals surface area contributed by atoms with E-state index in [9.17, 15) is 19.2 Å². The molecule has 0 unspecified atom stereocenters. The van der Waals surface area contributed by atoms with E-state index in [4.69, 9.17) is 11.6 Å². The molecule has 0 aliphatic carbocycles. The number of hydrogen-bond donors (Lipinski definition) is 1. The summed E-state index contributed by atoms with van der Waals surface area (Å²) in [6, 6.07) is 19.4. The summed E-state index contributed by atoms with van der Waals surface area (Å²) in [4.78, 5) is 30.3. The number of benzene rings is 3. The van der Waals surface area contributed by atoms with E-state index in [1.807, 2.05) is 6.07 Å². The molecule has 1 aromatic heterocycles. The van der Waals surface area contributed by atoms with Crippen LogP contribution in [0.1, 0.15) is 11.1 Å². The molecule has 0 bridgehead atoms. The lowest BCUT2D eigenvalue weighted by molar-refractivity contribution is -0.113. The normalized spacial score (nSPS) is 10.7. The molecule has 0 aliphatic rings. The molecule has 1 N–H and O–H groups in total. The average Bonchev–Trinajstić information content (AvgIpc) is 2.81. The molecule has 4 aromatic rings. The van der Waals surface area contributed by atoms with Crippen LogP contribution in [0.15, 0.2) is 76.7 Å². The third kappa shape index (κ3) is 5.22. The zero-order valence-electron chi connectivity index (χ0n) is 17.1. The van der Waals surface area contributed by atoms with Gasteiger partial charge >= 0.3 is 0 Å². The minimum absolute atomic E-state index is 0.0500. The standard InChI is InChI=1S/C24H16ClFN4O2S/c25-17-8-7-16(12-27)21(11-17)28-22(31)14-33-24-29-20-4-2-1-3-19(20)23(32)30(24)13-15-5-9-18(26)10-6-15/h1-11H,13-14H2,(H,28,31). The molecule has 9 heteroatoms. The lowest BCUT2D eigenvalue weighted by atomic mass is 10.2. The van der Waals surface area contributed by atoms with E-state index >= 15 is 0 Å². The van der Waals surface area contributed by atoms with Crippen LogP contribution < -0.4 is 10.9 Å². The van der Waals surface area contributed by atoms with E-state index in [1.54, 1.807) is 42.5 Å². The fraction of sp³-hybridized carbons (Fsp3) is 0.0833. The Kier molecular flexibility index (Phi) is 6.73. The fourth-order valence-corrected chi connectivity index (χ4v) is 4.17. The van der Waals surface area contributed by atoms with Crippen LogP contribution in [0.4, 0.5) is 10.1 Å². The van der Waals surface area contributed by atoms with Crippen LogP contribution in [0.5, 0.6) is 0 Å². The van der Waals surface area contributed by atoms with Gasteiger partial charge in [-0.3, -0.25) is 14.2 Å². The molecule has 0 saturated carbocycles. The van der Waals surface area contributed by atoms with Crippen molar-refractivity contribution in [3.63, 3.8) is 0 Å². The number of fused-ring (bicyclic) bond motifs is 1. The van der Waals surface area contributed by atoms with E-state index in [2.05, 4.69) is 10.3 Å². The molecule has 0 saturated heterocycles. The van der Waals surface area contributed by atoms with E-state index < -0.39 is 0 Å². The summed E-state index contributed by atoms with van der Waals surface area (Å²) < 4.78 is 14.8. The number of carbonyl (C=O) groups is 1. The summed E-state index contributed by atoms with van der Waals surface area (Å²) in [5.41, 5.74) is 1.58. The van der Waals surface area contributed by atoms with Gasteiger partial charge in [-0.15, -0.1) is 0 Å². The van der Waals surface area contributed by atoms with Gasteiger partial charge in [0.15, 0.2) is 5.16 Å². The van der Waals surface area contributed by atoms with Crippen LogP contribution in [0.3, 0.4) is 0 Å². The highest BCUT2D eigenvalue weighted by Crippen LogP contribution is 2.22. The number of thioether (sulfide) groups is 1. The predicted molar refractivity (Wildman–Crippen MR) is 127 cm³/mol. The Labute approximate surface area is 197 Å². The van der Waals surface area contributed by atoms with Crippen molar-refractivity contribution in [2.45, 2.75) is 11.7 Å². The predicted octanol–water partition coefficient (Wildman–Crippen LogP) is 4.84. The number of para-hydroxylation sites is 1. The molecule has 0 spiro atoms. The van der Waals surface area contributed by atoms with E-state index in [0.29, 0.717) is 26.8 Å². The first-order chi connectivity index (χ1) is 15.9. The van der Waals surface area contributed by atoms with Gasteiger partial charge in [0, 0.05) is 5.02 Å². The average molecular weight is 479 g/mol. The van der Waals surface area contributed by atoms with E-state index in [-0.39, 0.29) is 35.1 Å². The number of amides is 1. The number of rotatable bonds is 6. The molecule has 0 radical (unpaired) electrons. The second-order valence-corrected chi connectivity index (χ2v) is 8.45. The monoisotopic (exact) mass is 478 g/mol. The van der Waals surface area contributed by atoms with Crippen LogP contribution in [0.2, 0.25) is 5.02 Å². The smallest absolute Gasteiger partial charge is 0.262 e. The summed E-state index contributed by atoms with van der Waals surface area (Å²) in [7, 11) is 0. The maximum atomic E-state index is 13.3. The van der Waals surface area contributed by atoms with Crippen molar-refractivity contribution in [2.24, 2.45) is 0 Å². The van der Waals surface area contributed by atoms with Gasteiger partial charge in [-0.05, 0) is 48.0 Å². The van der Waals surface area contributed by atoms with E-state index in [1.165, 1.54) is 28.8 Å². The highest BCUT2D eigenvalue weighted by molar-refractivity contribution is 7.99. The Bertz CT molecular complexity index is 1450. The summed E-state index contributed by atoms with van der Waals surface area (Å²) in [6.45, 7) is 0.174. The minimum Gasteiger partial charge on any atom is -0.324 e. The lowest BCUT2D eigenvalue weighted by Gasteiger charge is -2.13. The fourth-order valence-electron chi connectivity index (χ4n) is 3.20. The topological polar surface area (TPSA) is 87.8 Å². The molecule has 1 heterocycles. The van der Waals surface area contributed by atoms with E-state index in [0.717, 1.165) is 17.3 Å². The highest BCUT2D eigenvalue weighted by atomic mass is 35.5.